The molecule has 3 aliphatic heterocycles. The van der Waals surface area contributed by atoms with Gasteiger partial charge in [0.1, 0.15) is 12.3 Å². The van der Waals surface area contributed by atoms with Crippen molar-refractivity contribution >= 4 is 29.9 Å². The van der Waals surface area contributed by atoms with Crippen LogP contribution >= 0.6 is 0 Å². The fourth-order valence-electron chi connectivity index (χ4n) is 2.58. The summed E-state index contributed by atoms with van der Waals surface area (Å²) in [6, 6.07) is -0.841. The summed E-state index contributed by atoms with van der Waals surface area (Å²) in [6.45, 7) is 3.08. The largest absolute Gasteiger partial charge is 0.394 e. The summed E-state index contributed by atoms with van der Waals surface area (Å²) in [5.41, 5.74) is 0. The molecule has 0 aromatic heterocycles. The van der Waals surface area contributed by atoms with Gasteiger partial charge in [-0.3, -0.25) is 24.8 Å². The van der Waals surface area contributed by atoms with Gasteiger partial charge in [-0.1, -0.05) is 13.8 Å². The Bertz CT molecular complexity index is 643. The first kappa shape index (κ1) is 16.7. The molecule has 0 bridgehead atoms. The monoisotopic (exact) mass is 337 g/mol. The number of aliphatic hydroxyl groups is 2. The van der Waals surface area contributed by atoms with Crippen LogP contribution < -0.4 is 5.32 Å². The summed E-state index contributed by atoms with van der Waals surface area (Å²) in [5.74, 6) is -0.956. The zero-order chi connectivity index (χ0) is 17.4. The lowest BCUT2D eigenvalue weighted by Gasteiger charge is -2.26. The lowest BCUT2D eigenvalue weighted by molar-refractivity contribution is -0.120. The number of amidine groups is 1. The summed E-state index contributed by atoms with van der Waals surface area (Å²) >= 11 is 0. The molecule has 10 heteroatoms. The molecule has 3 aliphatic rings. The predicted octanol–water partition coefficient (Wildman–Crippen LogP) is -1.77. The van der Waals surface area contributed by atoms with Gasteiger partial charge in [-0.2, -0.15) is 9.98 Å². The number of nitrogens with one attached hydrogen (secondary N) is 1. The molecule has 3 heterocycles. The van der Waals surface area contributed by atoms with Crippen molar-refractivity contribution in [2.45, 2.75) is 44.7 Å². The highest BCUT2D eigenvalue weighted by molar-refractivity contribution is 6.24. The van der Waals surface area contributed by atoms with Gasteiger partial charge in [0.05, 0.1) is 19.0 Å². The van der Waals surface area contributed by atoms with Crippen LogP contribution in [0, 0.1) is 5.92 Å². The highest BCUT2D eigenvalue weighted by atomic mass is 16.5. The van der Waals surface area contributed by atoms with E-state index in [4.69, 9.17) is 4.74 Å². The number of aliphatic hydroxyl groups excluding tert-OH is 2. The number of carbonyl (C=O) groups is 2. The molecule has 0 aliphatic carbocycles. The van der Waals surface area contributed by atoms with Gasteiger partial charge in [0.2, 0.25) is 5.96 Å². The summed E-state index contributed by atoms with van der Waals surface area (Å²) in [6.07, 6.45) is -0.468. The molecule has 24 heavy (non-hydrogen) atoms. The van der Waals surface area contributed by atoms with Gasteiger partial charge in [0.25, 0.3) is 11.8 Å². The molecular weight excluding hydrogens is 318 g/mol. The lowest BCUT2D eigenvalue weighted by Crippen LogP contribution is -2.51. The molecule has 1 fully saturated rings. The van der Waals surface area contributed by atoms with E-state index >= 15 is 0 Å². The maximum absolute atomic E-state index is 12.1. The number of carbonyl (C=O) groups excluding carboxylic acids is 2. The third-order valence-corrected chi connectivity index (χ3v) is 3.96. The van der Waals surface area contributed by atoms with Crippen LogP contribution in [0.1, 0.15) is 20.3 Å². The number of nitrogens with zero attached hydrogens (tertiary/aromatic N) is 4. The molecule has 2 amide bonds. The van der Waals surface area contributed by atoms with Gasteiger partial charge in [0, 0.05) is 12.3 Å². The van der Waals surface area contributed by atoms with Crippen LogP contribution in [-0.2, 0) is 14.3 Å². The van der Waals surface area contributed by atoms with Crippen molar-refractivity contribution in [1.82, 2.24) is 10.2 Å². The number of rotatable bonds is 3. The van der Waals surface area contributed by atoms with Crippen LogP contribution in [0.3, 0.4) is 0 Å². The highest BCUT2D eigenvalue weighted by Gasteiger charge is 2.44. The number of hydrogen-bond acceptors (Lipinski definition) is 7. The van der Waals surface area contributed by atoms with E-state index in [-0.39, 0.29) is 30.7 Å². The standard InChI is InChI=1S/C14H19N5O5/c1-6(2)12(22)17-14-16-11-10(13(23)18-14)15-5-19(11)9-3-7(21)8(4-20)24-9/h5-10,20-21H,3-4H2,1-2H3,(H,17,18,22,23)/t7-,8+,9+,10?/m0/s1. The number of aliphatic imine (C=N–C) groups is 3. The van der Waals surface area contributed by atoms with E-state index in [0.717, 1.165) is 0 Å². The fraction of sp³-hybridized carbons (Fsp3) is 0.643. The Labute approximate surface area is 137 Å². The van der Waals surface area contributed by atoms with Gasteiger partial charge >= 0.3 is 0 Å². The van der Waals surface area contributed by atoms with Crippen LogP contribution in [0.2, 0.25) is 0 Å². The number of hydrogen-bond donors (Lipinski definition) is 3. The van der Waals surface area contributed by atoms with E-state index in [0.29, 0.717) is 0 Å². The summed E-state index contributed by atoms with van der Waals surface area (Å²) < 4.78 is 5.56. The second-order valence-electron chi connectivity index (χ2n) is 6.08. The molecule has 1 unspecified atom stereocenters. The first-order chi connectivity index (χ1) is 11.4. The average Bonchev–Trinajstić information content (AvgIpc) is 3.10. The van der Waals surface area contributed by atoms with Crippen LogP contribution in [0.25, 0.3) is 0 Å². The van der Waals surface area contributed by atoms with Crippen LogP contribution in [-0.4, -0.2) is 76.1 Å². The number of amides is 2. The topological polar surface area (TPSA) is 136 Å². The zero-order valence-electron chi connectivity index (χ0n) is 13.3. The number of ether oxygens (including phenoxy) is 1. The van der Waals surface area contributed by atoms with Crippen LogP contribution in [0.4, 0.5) is 0 Å². The van der Waals surface area contributed by atoms with Crippen molar-refractivity contribution in [3.05, 3.63) is 0 Å². The minimum Gasteiger partial charge on any atom is -0.394 e. The Morgan fingerprint density at radius 1 is 1.58 bits per heavy atom. The highest BCUT2D eigenvalue weighted by Crippen LogP contribution is 2.26. The molecule has 0 aromatic rings. The molecule has 130 valence electrons. The third kappa shape index (κ3) is 2.95. The van der Waals surface area contributed by atoms with Crippen molar-refractivity contribution in [3.63, 3.8) is 0 Å². The van der Waals surface area contributed by atoms with Crippen molar-refractivity contribution < 1.29 is 24.5 Å². The van der Waals surface area contributed by atoms with Crippen molar-refractivity contribution in [3.8, 4) is 0 Å². The molecule has 10 nitrogen and oxygen atoms in total. The van der Waals surface area contributed by atoms with E-state index in [1.54, 1.807) is 13.8 Å². The second-order valence-corrected chi connectivity index (χ2v) is 6.08. The van der Waals surface area contributed by atoms with Crippen molar-refractivity contribution in [2.24, 2.45) is 20.9 Å². The maximum atomic E-state index is 12.1. The summed E-state index contributed by atoms with van der Waals surface area (Å²) in [5, 5.41) is 21.5. The normalized spacial score (nSPS) is 33.9. The van der Waals surface area contributed by atoms with E-state index in [1.165, 1.54) is 11.2 Å². The first-order valence-electron chi connectivity index (χ1n) is 7.68. The number of fused-ring (bicyclic) bond motifs is 1. The van der Waals surface area contributed by atoms with Gasteiger partial charge in [-0.25, -0.2) is 0 Å². The van der Waals surface area contributed by atoms with Gasteiger partial charge in [0.15, 0.2) is 11.9 Å². The van der Waals surface area contributed by atoms with Crippen molar-refractivity contribution in [1.29, 1.82) is 0 Å². The lowest BCUT2D eigenvalue weighted by atomic mass is 10.1. The average molecular weight is 337 g/mol. The molecular formula is C14H19N5O5. The maximum Gasteiger partial charge on any atom is 0.259 e. The molecule has 3 N–H and O–H groups in total. The number of guanidine groups is 1. The van der Waals surface area contributed by atoms with Gasteiger partial charge in [-0.15, -0.1) is 0 Å². The molecule has 1 saturated heterocycles. The zero-order valence-corrected chi connectivity index (χ0v) is 13.3. The van der Waals surface area contributed by atoms with Crippen LogP contribution in [0.15, 0.2) is 15.0 Å². The first-order valence-corrected chi connectivity index (χ1v) is 7.68. The molecule has 0 saturated carbocycles. The Kier molecular flexibility index (Phi) is 4.43. The molecule has 3 rings (SSSR count). The molecule has 0 spiro atoms. The van der Waals surface area contributed by atoms with E-state index in [2.05, 4.69) is 20.3 Å². The SMILES string of the molecule is CC(C)C(=O)N=C1N=C2C(N=CN2[C@H]2C[C@H](O)[C@@H](CO)O2)C(=O)N1. The van der Waals surface area contributed by atoms with Gasteiger partial charge < -0.3 is 14.9 Å². The van der Waals surface area contributed by atoms with E-state index in [9.17, 15) is 19.8 Å². The van der Waals surface area contributed by atoms with Gasteiger partial charge in [-0.05, 0) is 0 Å². The predicted molar refractivity (Wildman–Crippen MR) is 83.3 cm³/mol. The van der Waals surface area contributed by atoms with Crippen molar-refractivity contribution in [2.75, 3.05) is 6.61 Å². The second kappa shape index (κ2) is 6.38. The fourth-order valence-corrected chi connectivity index (χ4v) is 2.58. The summed E-state index contributed by atoms with van der Waals surface area (Å²) in [7, 11) is 0. The Balaban J connectivity index is 1.84. The van der Waals surface area contributed by atoms with E-state index < -0.39 is 36.3 Å². The molecule has 4 atom stereocenters. The smallest absolute Gasteiger partial charge is 0.259 e. The Morgan fingerprint density at radius 3 is 2.96 bits per heavy atom. The minimum atomic E-state index is -0.841. The molecule has 0 radical (unpaired) electrons. The molecule has 0 aromatic carbocycles. The van der Waals surface area contributed by atoms with E-state index in [1.807, 2.05) is 0 Å². The quantitative estimate of drug-likeness (QED) is 0.558. The Morgan fingerprint density at radius 2 is 2.33 bits per heavy atom. The third-order valence-electron chi connectivity index (χ3n) is 3.96. The minimum absolute atomic E-state index is 0.0855. The van der Waals surface area contributed by atoms with Crippen LogP contribution in [0.5, 0.6) is 0 Å². The Hall–Kier alpha value is -2.17. The summed E-state index contributed by atoms with van der Waals surface area (Å²) in [4.78, 5) is 37.5.